The lowest BCUT2D eigenvalue weighted by molar-refractivity contribution is 0.0690. The number of hydrogen-bond donors (Lipinski definition) is 2. The fourth-order valence-corrected chi connectivity index (χ4v) is 4.05. The Bertz CT molecular complexity index is 1330. The van der Waals surface area contributed by atoms with Crippen LogP contribution in [-0.2, 0) is 16.2 Å². The lowest BCUT2D eigenvalue weighted by Gasteiger charge is -2.22. The highest BCUT2D eigenvalue weighted by Gasteiger charge is 2.22. The number of aromatic nitrogens is 3. The smallest absolute Gasteiger partial charge is 0.358 e. The van der Waals surface area contributed by atoms with E-state index in [2.05, 4.69) is 21.7 Å². The van der Waals surface area contributed by atoms with Gasteiger partial charge in [-0.05, 0) is 47.7 Å². The number of benzene rings is 2. The van der Waals surface area contributed by atoms with Crippen molar-refractivity contribution in [3.8, 4) is 11.8 Å². The van der Waals surface area contributed by atoms with Crippen molar-refractivity contribution in [3.05, 3.63) is 64.5 Å². The first kappa shape index (κ1) is 23.8. The maximum Gasteiger partial charge on any atom is 0.358 e. The van der Waals surface area contributed by atoms with Crippen LogP contribution in [0.4, 0.5) is 5.69 Å². The molecule has 0 saturated heterocycles. The van der Waals surface area contributed by atoms with E-state index in [9.17, 15) is 19.1 Å². The van der Waals surface area contributed by atoms with Crippen molar-refractivity contribution < 1.29 is 18.9 Å². The number of nitrogens with one attached hydrogen (secondary N) is 1. The Labute approximate surface area is 193 Å². The SMILES string of the molecule is Cc1ccc(C(=O)Nc2cc(C(C)(C)C)cc(C#N)c2S(C)=O)cc1-n1cc(C(=O)O)nn1. The van der Waals surface area contributed by atoms with Crippen LogP contribution < -0.4 is 5.32 Å². The molecule has 0 aliphatic heterocycles. The van der Waals surface area contributed by atoms with E-state index >= 15 is 0 Å². The van der Waals surface area contributed by atoms with Crippen LogP contribution in [0.5, 0.6) is 0 Å². The molecule has 0 saturated carbocycles. The molecule has 33 heavy (non-hydrogen) atoms. The third-order valence-electron chi connectivity index (χ3n) is 5.04. The Morgan fingerprint density at radius 3 is 2.45 bits per heavy atom. The highest BCUT2D eigenvalue weighted by molar-refractivity contribution is 7.84. The minimum absolute atomic E-state index is 0.220. The molecule has 1 aromatic heterocycles. The molecule has 9 nitrogen and oxygen atoms in total. The summed E-state index contributed by atoms with van der Waals surface area (Å²) in [7, 11) is -1.51. The van der Waals surface area contributed by atoms with E-state index in [0.29, 0.717) is 11.4 Å². The summed E-state index contributed by atoms with van der Waals surface area (Å²) < 4.78 is 13.7. The third-order valence-corrected chi connectivity index (χ3v) is 6.06. The van der Waals surface area contributed by atoms with E-state index in [0.717, 1.165) is 11.1 Å². The number of hydrogen-bond acceptors (Lipinski definition) is 6. The molecule has 2 N–H and O–H groups in total. The minimum Gasteiger partial charge on any atom is -0.476 e. The standard InChI is InChI=1S/C23H23N5O4S/c1-13-6-7-14(9-19(13)28-12-18(22(30)31)26-27-28)21(29)25-17-10-16(23(2,3)4)8-15(11-24)20(17)33(5)32/h6-10,12H,1-5H3,(H,25,29)(H,30,31). The minimum atomic E-state index is -1.51. The van der Waals surface area contributed by atoms with E-state index in [1.165, 1.54) is 17.1 Å². The van der Waals surface area contributed by atoms with Crippen LogP contribution in [0.15, 0.2) is 41.4 Å². The molecule has 2 aromatic carbocycles. The fourth-order valence-electron chi connectivity index (χ4n) is 3.22. The van der Waals surface area contributed by atoms with Gasteiger partial charge in [0.2, 0.25) is 0 Å². The lowest BCUT2D eigenvalue weighted by Crippen LogP contribution is -2.18. The van der Waals surface area contributed by atoms with Crippen LogP contribution in [0.1, 0.15) is 58.3 Å². The molecule has 0 spiro atoms. The molecule has 0 aliphatic carbocycles. The summed E-state index contributed by atoms with van der Waals surface area (Å²) in [6, 6.07) is 10.4. The van der Waals surface area contributed by atoms with Gasteiger partial charge >= 0.3 is 5.97 Å². The zero-order chi connectivity index (χ0) is 24.5. The monoisotopic (exact) mass is 465 g/mol. The first-order valence-corrected chi connectivity index (χ1v) is 11.5. The van der Waals surface area contributed by atoms with Gasteiger partial charge in [-0.3, -0.25) is 9.00 Å². The Morgan fingerprint density at radius 2 is 1.91 bits per heavy atom. The Kier molecular flexibility index (Phi) is 6.46. The maximum absolute atomic E-state index is 13.1. The molecule has 1 unspecified atom stereocenters. The van der Waals surface area contributed by atoms with Crippen molar-refractivity contribution in [1.29, 1.82) is 5.26 Å². The van der Waals surface area contributed by atoms with Crippen molar-refractivity contribution in [3.63, 3.8) is 0 Å². The van der Waals surface area contributed by atoms with Crippen molar-refractivity contribution in [2.75, 3.05) is 11.6 Å². The molecule has 1 atom stereocenters. The predicted molar refractivity (Wildman–Crippen MR) is 123 cm³/mol. The Balaban J connectivity index is 2.05. The van der Waals surface area contributed by atoms with Crippen LogP contribution in [-0.4, -0.2) is 42.4 Å². The fraction of sp³-hybridized carbons (Fsp3) is 0.261. The second kappa shape index (κ2) is 8.96. The second-order valence-electron chi connectivity index (χ2n) is 8.53. The molecule has 10 heteroatoms. The average molecular weight is 466 g/mol. The lowest BCUT2D eigenvalue weighted by atomic mass is 9.86. The van der Waals surface area contributed by atoms with Crippen molar-refractivity contribution >= 4 is 28.4 Å². The number of anilines is 1. The largest absolute Gasteiger partial charge is 0.476 e. The van der Waals surface area contributed by atoms with Crippen molar-refractivity contribution in [2.24, 2.45) is 0 Å². The highest BCUT2D eigenvalue weighted by atomic mass is 32.2. The number of carbonyl (C=O) groups is 2. The molecule has 0 aliphatic rings. The van der Waals surface area contributed by atoms with Crippen molar-refractivity contribution in [2.45, 2.75) is 38.0 Å². The number of nitrogens with zero attached hydrogens (tertiary/aromatic N) is 4. The quantitative estimate of drug-likeness (QED) is 0.588. The van der Waals surface area contributed by atoms with Gasteiger partial charge in [-0.1, -0.05) is 32.1 Å². The van der Waals surface area contributed by atoms with Gasteiger partial charge < -0.3 is 10.4 Å². The summed E-state index contributed by atoms with van der Waals surface area (Å²) in [6.45, 7) is 7.73. The number of carbonyl (C=O) groups excluding carboxylic acids is 1. The number of aromatic carboxylic acids is 1. The van der Waals surface area contributed by atoms with Gasteiger partial charge in [0.15, 0.2) is 5.69 Å². The van der Waals surface area contributed by atoms with E-state index in [-0.39, 0.29) is 27.1 Å². The van der Waals surface area contributed by atoms with Crippen LogP contribution in [0.3, 0.4) is 0 Å². The number of rotatable bonds is 5. The van der Waals surface area contributed by atoms with Gasteiger partial charge in [-0.25, -0.2) is 9.48 Å². The predicted octanol–water partition coefficient (Wildman–Crippen LogP) is 3.43. The zero-order valence-corrected chi connectivity index (χ0v) is 19.6. The molecule has 170 valence electrons. The molecule has 3 aromatic rings. The Hall–Kier alpha value is -3.84. The first-order chi connectivity index (χ1) is 15.4. The summed E-state index contributed by atoms with van der Waals surface area (Å²) in [6.07, 6.45) is 2.72. The van der Waals surface area contributed by atoms with Crippen LogP contribution in [0, 0.1) is 18.3 Å². The normalized spacial score (nSPS) is 12.1. The highest BCUT2D eigenvalue weighted by Crippen LogP contribution is 2.32. The van der Waals surface area contributed by atoms with Crippen LogP contribution in [0.25, 0.3) is 5.69 Å². The van der Waals surface area contributed by atoms with Crippen LogP contribution in [0.2, 0.25) is 0 Å². The molecular weight excluding hydrogens is 442 g/mol. The summed E-state index contributed by atoms with van der Waals surface area (Å²) in [5, 5.41) is 28.9. The molecule has 1 heterocycles. The molecule has 0 bridgehead atoms. The number of carboxylic acids is 1. The second-order valence-corrected chi connectivity index (χ2v) is 9.84. The van der Waals surface area contributed by atoms with E-state index < -0.39 is 22.7 Å². The molecule has 3 rings (SSSR count). The summed E-state index contributed by atoms with van der Waals surface area (Å²) in [5.41, 5.74) is 2.36. The number of nitriles is 1. The van der Waals surface area contributed by atoms with Gasteiger partial charge in [-0.15, -0.1) is 5.10 Å². The van der Waals surface area contributed by atoms with E-state index in [1.54, 1.807) is 37.3 Å². The number of carboxylic acid groups (broad SMARTS) is 1. The van der Waals surface area contributed by atoms with Gasteiger partial charge in [0.1, 0.15) is 6.07 Å². The topological polar surface area (TPSA) is 138 Å². The van der Waals surface area contributed by atoms with Gasteiger partial charge in [0.05, 0.1) is 38.8 Å². The maximum atomic E-state index is 13.1. The molecule has 1 amide bonds. The number of aryl methyl sites for hydroxylation is 1. The summed E-state index contributed by atoms with van der Waals surface area (Å²) in [5.74, 6) is -1.68. The average Bonchev–Trinajstić information content (AvgIpc) is 3.22. The van der Waals surface area contributed by atoms with Gasteiger partial charge in [-0.2, -0.15) is 5.26 Å². The molecule has 0 fully saturated rings. The molecule has 0 radical (unpaired) electrons. The van der Waals surface area contributed by atoms with E-state index in [1.807, 2.05) is 20.8 Å². The Morgan fingerprint density at radius 1 is 1.21 bits per heavy atom. The summed E-state index contributed by atoms with van der Waals surface area (Å²) in [4.78, 5) is 24.5. The van der Waals surface area contributed by atoms with Crippen LogP contribution >= 0.6 is 0 Å². The zero-order valence-electron chi connectivity index (χ0n) is 18.8. The first-order valence-electron chi connectivity index (χ1n) is 9.92. The van der Waals surface area contributed by atoms with Gasteiger partial charge in [0, 0.05) is 11.8 Å². The van der Waals surface area contributed by atoms with Crippen molar-refractivity contribution in [1.82, 2.24) is 15.0 Å². The third kappa shape index (κ3) is 4.99. The summed E-state index contributed by atoms with van der Waals surface area (Å²) >= 11 is 0. The number of amides is 1. The van der Waals surface area contributed by atoms with Gasteiger partial charge in [0.25, 0.3) is 5.91 Å². The molecular formula is C23H23N5O4S. The van der Waals surface area contributed by atoms with E-state index in [4.69, 9.17) is 5.11 Å².